The summed E-state index contributed by atoms with van der Waals surface area (Å²) in [6, 6.07) is 16.8. The Morgan fingerprint density at radius 3 is 2.44 bits per heavy atom. The zero-order valence-electron chi connectivity index (χ0n) is 18.8. The summed E-state index contributed by atoms with van der Waals surface area (Å²) in [4.78, 5) is 33.9. The van der Waals surface area contributed by atoms with Crippen molar-refractivity contribution in [2.45, 2.75) is 20.0 Å². The lowest BCUT2D eigenvalue weighted by Gasteiger charge is -2.14. The maximum atomic E-state index is 13.4. The van der Waals surface area contributed by atoms with Crippen molar-refractivity contribution in [3.8, 4) is 17.0 Å². The largest absolute Gasteiger partial charge is 0.497 e. The van der Waals surface area contributed by atoms with Crippen molar-refractivity contribution < 1.29 is 13.9 Å². The van der Waals surface area contributed by atoms with Gasteiger partial charge in [0.15, 0.2) is 5.65 Å². The maximum absolute atomic E-state index is 13.4. The van der Waals surface area contributed by atoms with Gasteiger partial charge in [-0.15, -0.1) is 0 Å². The lowest BCUT2D eigenvalue weighted by Crippen LogP contribution is -2.31. The molecular weight excluding hydrogens is 437 g/mol. The second-order valence-corrected chi connectivity index (χ2v) is 7.65. The average molecular weight is 461 g/mol. The molecule has 2 aromatic carbocycles. The molecule has 1 amide bonds. The molecule has 0 bridgehead atoms. The molecule has 0 aliphatic carbocycles. The first-order valence-electron chi connectivity index (χ1n) is 10.7. The first kappa shape index (κ1) is 22.9. The Morgan fingerprint density at radius 2 is 1.76 bits per heavy atom. The van der Waals surface area contributed by atoms with Gasteiger partial charge < -0.3 is 15.4 Å². The number of fused-ring (bicyclic) bond motifs is 1. The van der Waals surface area contributed by atoms with Crippen LogP contribution >= 0.6 is 0 Å². The van der Waals surface area contributed by atoms with Crippen LogP contribution in [0.5, 0.6) is 5.75 Å². The number of methoxy groups -OCH3 is 1. The lowest BCUT2D eigenvalue weighted by molar-refractivity contribution is -0.118. The highest BCUT2D eigenvalue weighted by Crippen LogP contribution is 2.21. The van der Waals surface area contributed by atoms with Crippen LogP contribution in [0, 0.1) is 5.82 Å². The molecule has 0 aliphatic heterocycles. The summed E-state index contributed by atoms with van der Waals surface area (Å²) in [5.41, 5.74) is 2.45. The van der Waals surface area contributed by atoms with E-state index in [2.05, 4.69) is 20.6 Å². The topological polar surface area (TPSA) is 98.1 Å². The molecular formula is C25H24FN5O3. The van der Waals surface area contributed by atoms with Crippen molar-refractivity contribution in [2.24, 2.45) is 0 Å². The van der Waals surface area contributed by atoms with E-state index in [1.807, 2.05) is 0 Å². The summed E-state index contributed by atoms with van der Waals surface area (Å²) >= 11 is 0. The van der Waals surface area contributed by atoms with Gasteiger partial charge in [-0.2, -0.15) is 0 Å². The van der Waals surface area contributed by atoms with Crippen molar-refractivity contribution in [2.75, 3.05) is 19.0 Å². The molecule has 0 fully saturated rings. The summed E-state index contributed by atoms with van der Waals surface area (Å²) in [6.45, 7) is 2.36. The van der Waals surface area contributed by atoms with Crippen molar-refractivity contribution in [1.82, 2.24) is 19.9 Å². The summed E-state index contributed by atoms with van der Waals surface area (Å²) in [5, 5.41) is 5.91. The minimum Gasteiger partial charge on any atom is -0.497 e. The highest BCUT2D eigenvalue weighted by atomic mass is 19.1. The van der Waals surface area contributed by atoms with E-state index in [4.69, 9.17) is 4.74 Å². The van der Waals surface area contributed by atoms with Gasteiger partial charge in [0.25, 0.3) is 5.56 Å². The molecule has 34 heavy (non-hydrogen) atoms. The normalized spacial score (nSPS) is 10.8. The Bertz CT molecular complexity index is 1370. The number of carbonyl (C=O) groups is 1. The number of nitrogens with zero attached hydrogens (tertiary/aromatic N) is 3. The van der Waals surface area contributed by atoms with Crippen molar-refractivity contribution in [1.29, 1.82) is 0 Å². The molecule has 0 unspecified atom stereocenters. The Hall–Kier alpha value is -4.27. The Balaban J connectivity index is 1.71. The van der Waals surface area contributed by atoms with Gasteiger partial charge in [0, 0.05) is 32.1 Å². The summed E-state index contributed by atoms with van der Waals surface area (Å²) in [5.74, 6) is 0.739. The third kappa shape index (κ3) is 5.20. The van der Waals surface area contributed by atoms with Crippen LogP contribution in [0.4, 0.5) is 10.2 Å². The van der Waals surface area contributed by atoms with Crippen LogP contribution in [-0.2, 0) is 17.9 Å². The van der Waals surface area contributed by atoms with Gasteiger partial charge in [-0.3, -0.25) is 14.2 Å². The van der Waals surface area contributed by atoms with Crippen molar-refractivity contribution >= 4 is 22.9 Å². The van der Waals surface area contributed by atoms with E-state index in [0.717, 1.165) is 5.56 Å². The maximum Gasteiger partial charge on any atom is 0.278 e. The quantitative estimate of drug-likeness (QED) is 0.418. The van der Waals surface area contributed by atoms with Crippen molar-refractivity contribution in [3.05, 3.63) is 82.4 Å². The van der Waals surface area contributed by atoms with Crippen LogP contribution in [-0.4, -0.2) is 34.1 Å². The minimum absolute atomic E-state index is 0.184. The predicted octanol–water partition coefficient (Wildman–Crippen LogP) is 3.35. The van der Waals surface area contributed by atoms with Gasteiger partial charge >= 0.3 is 0 Å². The molecule has 0 aliphatic rings. The molecule has 0 spiro atoms. The number of benzene rings is 2. The third-order valence-corrected chi connectivity index (χ3v) is 5.25. The minimum atomic E-state index is -0.314. The number of pyridine rings is 1. The standard InChI is InChI=1S/C25H24FN5O3/c1-16(32)27-13-14-31-24-21(29-23(25(31)33)18-5-9-20(34-2)10-6-18)11-12-22(30-24)28-15-17-3-7-19(26)8-4-17/h3-12H,13-15H2,1-2H3,(H,27,32)(H,28,30). The van der Waals surface area contributed by atoms with Crippen molar-refractivity contribution in [3.63, 3.8) is 0 Å². The number of amides is 1. The molecule has 0 radical (unpaired) electrons. The number of anilines is 1. The van der Waals surface area contributed by atoms with Crippen LogP contribution < -0.4 is 20.9 Å². The smallest absolute Gasteiger partial charge is 0.278 e. The molecule has 2 N–H and O–H groups in total. The number of rotatable bonds is 8. The zero-order valence-corrected chi connectivity index (χ0v) is 18.8. The summed E-state index contributed by atoms with van der Waals surface area (Å²) in [6.07, 6.45) is 0. The molecule has 0 atom stereocenters. The molecule has 2 aromatic heterocycles. The van der Waals surface area contributed by atoms with Gasteiger partial charge in [-0.25, -0.2) is 14.4 Å². The number of hydrogen-bond acceptors (Lipinski definition) is 6. The summed E-state index contributed by atoms with van der Waals surface area (Å²) in [7, 11) is 1.58. The van der Waals surface area contributed by atoms with Crippen LogP contribution in [0.3, 0.4) is 0 Å². The third-order valence-electron chi connectivity index (χ3n) is 5.25. The molecule has 9 heteroatoms. The summed E-state index contributed by atoms with van der Waals surface area (Å²) < 4.78 is 19.9. The zero-order chi connectivity index (χ0) is 24.1. The molecule has 4 rings (SSSR count). The van der Waals surface area contributed by atoms with Crippen LogP contribution in [0.1, 0.15) is 12.5 Å². The highest BCUT2D eigenvalue weighted by molar-refractivity contribution is 5.76. The Morgan fingerprint density at radius 1 is 1.03 bits per heavy atom. The number of hydrogen-bond donors (Lipinski definition) is 2. The second-order valence-electron chi connectivity index (χ2n) is 7.65. The van der Waals surface area contributed by atoms with E-state index in [1.165, 1.54) is 23.6 Å². The fourth-order valence-corrected chi connectivity index (χ4v) is 3.50. The first-order chi connectivity index (χ1) is 16.4. The number of aromatic nitrogens is 3. The van der Waals surface area contributed by atoms with Gasteiger partial charge in [-0.05, 0) is 54.1 Å². The number of ether oxygens (including phenoxy) is 1. The first-order valence-corrected chi connectivity index (χ1v) is 10.7. The number of halogens is 1. The fraction of sp³-hybridized carbons (Fsp3) is 0.200. The number of nitrogens with one attached hydrogen (secondary N) is 2. The van der Waals surface area contributed by atoms with E-state index >= 15 is 0 Å². The lowest BCUT2D eigenvalue weighted by atomic mass is 10.1. The Kier molecular flexibility index (Phi) is 6.82. The predicted molar refractivity (Wildman–Crippen MR) is 128 cm³/mol. The molecule has 8 nitrogen and oxygen atoms in total. The molecule has 0 saturated heterocycles. The van der Waals surface area contributed by atoms with Crippen LogP contribution in [0.25, 0.3) is 22.4 Å². The Labute approximate surface area is 195 Å². The monoisotopic (exact) mass is 461 g/mol. The van der Waals surface area contributed by atoms with Gasteiger partial charge in [-0.1, -0.05) is 12.1 Å². The van der Waals surface area contributed by atoms with Gasteiger partial charge in [0.2, 0.25) is 5.91 Å². The van der Waals surface area contributed by atoms with E-state index in [9.17, 15) is 14.0 Å². The van der Waals surface area contributed by atoms with Crippen LogP contribution in [0.2, 0.25) is 0 Å². The van der Waals surface area contributed by atoms with E-state index in [1.54, 1.807) is 55.6 Å². The van der Waals surface area contributed by atoms with Gasteiger partial charge in [0.1, 0.15) is 28.6 Å². The highest BCUT2D eigenvalue weighted by Gasteiger charge is 2.15. The average Bonchev–Trinajstić information content (AvgIpc) is 2.84. The molecule has 4 aromatic rings. The second kappa shape index (κ2) is 10.1. The molecule has 2 heterocycles. The fourth-order valence-electron chi connectivity index (χ4n) is 3.50. The number of carbonyl (C=O) groups excluding carboxylic acids is 1. The van der Waals surface area contributed by atoms with Gasteiger partial charge in [0.05, 0.1) is 7.11 Å². The van der Waals surface area contributed by atoms with E-state index in [-0.39, 0.29) is 36.1 Å². The molecule has 0 saturated carbocycles. The van der Waals surface area contributed by atoms with E-state index < -0.39 is 0 Å². The van der Waals surface area contributed by atoms with E-state index in [0.29, 0.717) is 34.8 Å². The SMILES string of the molecule is COc1ccc(-c2nc3ccc(NCc4ccc(F)cc4)nc3n(CCNC(C)=O)c2=O)cc1. The van der Waals surface area contributed by atoms with Crippen LogP contribution in [0.15, 0.2) is 65.5 Å². The molecule has 174 valence electrons.